The molecule has 0 saturated carbocycles. The number of carbonyl (C=O) groups excluding carboxylic acids is 3. The van der Waals surface area contributed by atoms with Crippen LogP contribution in [0, 0.1) is 13.8 Å². The van der Waals surface area contributed by atoms with Gasteiger partial charge >= 0.3 is 5.97 Å². The van der Waals surface area contributed by atoms with Crippen LogP contribution in [0.25, 0.3) is 0 Å². The summed E-state index contributed by atoms with van der Waals surface area (Å²) < 4.78 is 10.8. The van der Waals surface area contributed by atoms with Gasteiger partial charge in [0.05, 0.1) is 6.61 Å². The molecule has 2 aliphatic heterocycles. The number of likely N-dealkylation sites (tertiary alicyclic amines) is 1. The highest BCUT2D eigenvalue weighted by Crippen LogP contribution is 2.26. The first-order valence-corrected chi connectivity index (χ1v) is 10.8. The van der Waals surface area contributed by atoms with Crippen molar-refractivity contribution in [2.45, 2.75) is 45.6 Å². The summed E-state index contributed by atoms with van der Waals surface area (Å²) in [5, 5.41) is 0. The molecule has 2 aliphatic rings. The van der Waals surface area contributed by atoms with E-state index in [4.69, 9.17) is 9.47 Å². The lowest BCUT2D eigenvalue weighted by molar-refractivity contribution is -0.149. The number of hydrogen-bond acceptors (Lipinski definition) is 5. The van der Waals surface area contributed by atoms with Crippen LogP contribution in [0.2, 0.25) is 0 Å². The van der Waals surface area contributed by atoms with E-state index in [9.17, 15) is 14.4 Å². The third kappa shape index (κ3) is 4.63. The molecule has 0 N–H and O–H groups in total. The molecule has 1 fully saturated rings. The van der Waals surface area contributed by atoms with E-state index in [1.807, 2.05) is 32.0 Å². The first-order chi connectivity index (χ1) is 14.9. The number of benzene rings is 2. The van der Waals surface area contributed by atoms with Gasteiger partial charge in [0.15, 0.2) is 12.4 Å². The molecule has 1 atom stereocenters. The van der Waals surface area contributed by atoms with E-state index in [2.05, 4.69) is 0 Å². The van der Waals surface area contributed by atoms with Gasteiger partial charge in [-0.1, -0.05) is 17.2 Å². The fourth-order valence-electron chi connectivity index (χ4n) is 4.36. The van der Waals surface area contributed by atoms with Crippen molar-refractivity contribution in [3.8, 4) is 5.75 Å². The zero-order valence-electron chi connectivity index (χ0n) is 18.0. The Bertz CT molecular complexity index is 1010. The summed E-state index contributed by atoms with van der Waals surface area (Å²) in [5.41, 5.74) is 4.09. The summed E-state index contributed by atoms with van der Waals surface area (Å²) in [7, 11) is 0. The van der Waals surface area contributed by atoms with Crippen LogP contribution in [-0.2, 0) is 16.0 Å². The van der Waals surface area contributed by atoms with E-state index < -0.39 is 12.0 Å². The Morgan fingerprint density at radius 1 is 1.03 bits per heavy atom. The molecule has 0 radical (unpaired) electrons. The fraction of sp³-hybridized carbons (Fsp3) is 0.400. The summed E-state index contributed by atoms with van der Waals surface area (Å²) in [6.45, 7) is 4.68. The molecule has 1 amide bonds. The van der Waals surface area contributed by atoms with Gasteiger partial charge in [0, 0.05) is 24.1 Å². The maximum absolute atomic E-state index is 13.1. The van der Waals surface area contributed by atoms with Crippen LogP contribution in [0.1, 0.15) is 56.7 Å². The summed E-state index contributed by atoms with van der Waals surface area (Å²) in [4.78, 5) is 40.1. The zero-order valence-corrected chi connectivity index (χ0v) is 18.0. The van der Waals surface area contributed by atoms with Crippen molar-refractivity contribution < 1.29 is 23.9 Å². The fourth-order valence-corrected chi connectivity index (χ4v) is 4.36. The van der Waals surface area contributed by atoms with Crippen molar-refractivity contribution in [2.24, 2.45) is 0 Å². The maximum Gasteiger partial charge on any atom is 0.329 e. The molecule has 31 heavy (non-hydrogen) atoms. The lowest BCUT2D eigenvalue weighted by atomic mass is 9.99. The highest BCUT2D eigenvalue weighted by molar-refractivity contribution is 6.00. The van der Waals surface area contributed by atoms with Crippen LogP contribution >= 0.6 is 0 Å². The number of piperidine rings is 1. The molecular weight excluding hydrogens is 394 g/mol. The maximum atomic E-state index is 13.1. The van der Waals surface area contributed by atoms with Crippen molar-refractivity contribution >= 4 is 17.7 Å². The number of esters is 1. The third-order valence-corrected chi connectivity index (χ3v) is 5.86. The summed E-state index contributed by atoms with van der Waals surface area (Å²) in [5.74, 6) is -0.143. The van der Waals surface area contributed by atoms with Crippen molar-refractivity contribution in [2.75, 3.05) is 19.8 Å². The Morgan fingerprint density at radius 2 is 1.81 bits per heavy atom. The van der Waals surface area contributed by atoms with Crippen LogP contribution in [0.4, 0.5) is 0 Å². The molecule has 2 aromatic carbocycles. The molecule has 0 aromatic heterocycles. The first-order valence-electron chi connectivity index (χ1n) is 10.8. The second kappa shape index (κ2) is 8.92. The molecule has 2 aromatic rings. The van der Waals surface area contributed by atoms with Gasteiger partial charge in [-0.3, -0.25) is 9.59 Å². The van der Waals surface area contributed by atoms with Gasteiger partial charge in [-0.2, -0.15) is 0 Å². The smallest absolute Gasteiger partial charge is 0.329 e. The van der Waals surface area contributed by atoms with Crippen molar-refractivity contribution in [3.63, 3.8) is 0 Å². The van der Waals surface area contributed by atoms with Gasteiger partial charge in [0.25, 0.3) is 5.91 Å². The third-order valence-electron chi connectivity index (χ3n) is 5.86. The topological polar surface area (TPSA) is 72.9 Å². The monoisotopic (exact) mass is 421 g/mol. The first kappa shape index (κ1) is 21.1. The predicted molar refractivity (Wildman–Crippen MR) is 116 cm³/mol. The number of Topliss-reactive ketones (excluding diaryl/α,β-unsaturated/α-hetero) is 1. The Hall–Kier alpha value is -3.15. The molecule has 162 valence electrons. The number of nitrogens with zero attached hydrogens (tertiary/aromatic N) is 1. The Kier molecular flexibility index (Phi) is 6.07. The molecule has 6 nitrogen and oxygen atoms in total. The van der Waals surface area contributed by atoms with Gasteiger partial charge in [-0.25, -0.2) is 4.79 Å². The number of ether oxygens (including phenoxy) is 2. The lowest BCUT2D eigenvalue weighted by Gasteiger charge is -2.34. The number of fused-ring (bicyclic) bond motifs is 1. The Morgan fingerprint density at radius 3 is 2.58 bits per heavy atom. The molecule has 0 aliphatic carbocycles. The quantitative estimate of drug-likeness (QED) is 0.544. The standard InChI is InChI=1S/C25H27NO5/c1-16-11-17(2)13-20(12-16)24(28)26-9-4-3-5-21(26)25(29)31-15-22(27)18-6-7-23-19(14-18)8-10-30-23/h6-7,11-14,21H,3-5,8-10,15H2,1-2H3. The largest absolute Gasteiger partial charge is 0.493 e. The minimum atomic E-state index is -0.664. The Balaban J connectivity index is 1.42. The van der Waals surface area contributed by atoms with Crippen LogP contribution in [0.5, 0.6) is 5.75 Å². The van der Waals surface area contributed by atoms with Gasteiger partial charge in [-0.05, 0) is 69.0 Å². The number of aryl methyl sites for hydroxylation is 2. The molecular formula is C25H27NO5. The summed E-state index contributed by atoms with van der Waals surface area (Å²) in [6.07, 6.45) is 3.00. The molecule has 0 spiro atoms. The average Bonchev–Trinajstić information content (AvgIpc) is 3.24. The number of hydrogen-bond donors (Lipinski definition) is 0. The molecule has 2 heterocycles. The van der Waals surface area contributed by atoms with Crippen LogP contribution < -0.4 is 4.74 Å². The van der Waals surface area contributed by atoms with E-state index in [0.717, 1.165) is 41.7 Å². The van der Waals surface area contributed by atoms with Crippen LogP contribution in [0.3, 0.4) is 0 Å². The minimum Gasteiger partial charge on any atom is -0.493 e. The number of rotatable bonds is 5. The van der Waals surface area contributed by atoms with E-state index in [-0.39, 0.29) is 18.3 Å². The van der Waals surface area contributed by atoms with Crippen LogP contribution in [-0.4, -0.2) is 48.4 Å². The molecule has 6 heteroatoms. The number of carbonyl (C=O) groups is 3. The van der Waals surface area contributed by atoms with Crippen molar-refractivity contribution in [1.82, 2.24) is 4.90 Å². The van der Waals surface area contributed by atoms with Crippen molar-refractivity contribution in [1.29, 1.82) is 0 Å². The Labute approximate surface area is 182 Å². The second-order valence-corrected chi connectivity index (χ2v) is 8.34. The highest BCUT2D eigenvalue weighted by atomic mass is 16.5. The minimum absolute atomic E-state index is 0.168. The zero-order chi connectivity index (χ0) is 22.0. The normalized spacial score (nSPS) is 17.6. The van der Waals surface area contributed by atoms with E-state index in [0.29, 0.717) is 30.7 Å². The second-order valence-electron chi connectivity index (χ2n) is 8.34. The average molecular weight is 421 g/mol. The van der Waals surface area contributed by atoms with Crippen LogP contribution in [0.15, 0.2) is 36.4 Å². The van der Waals surface area contributed by atoms with Gasteiger partial charge in [-0.15, -0.1) is 0 Å². The van der Waals surface area contributed by atoms with E-state index >= 15 is 0 Å². The molecule has 4 rings (SSSR count). The molecule has 1 unspecified atom stereocenters. The van der Waals surface area contributed by atoms with Crippen molar-refractivity contribution in [3.05, 3.63) is 64.2 Å². The lowest BCUT2D eigenvalue weighted by Crippen LogP contribution is -2.49. The summed E-state index contributed by atoms with van der Waals surface area (Å²) >= 11 is 0. The molecule has 1 saturated heterocycles. The van der Waals surface area contributed by atoms with E-state index in [1.54, 1.807) is 23.1 Å². The molecule has 0 bridgehead atoms. The predicted octanol–water partition coefficient (Wildman–Crippen LogP) is 3.66. The van der Waals surface area contributed by atoms with E-state index in [1.165, 1.54) is 0 Å². The van der Waals surface area contributed by atoms with Gasteiger partial charge in [0.2, 0.25) is 0 Å². The number of ketones is 1. The SMILES string of the molecule is Cc1cc(C)cc(C(=O)N2CCCCC2C(=O)OCC(=O)c2ccc3c(c2)CCO3)c1. The summed E-state index contributed by atoms with van der Waals surface area (Å²) in [6, 6.07) is 10.3. The van der Waals surface area contributed by atoms with Gasteiger partial charge < -0.3 is 14.4 Å². The number of amides is 1. The van der Waals surface area contributed by atoms with Gasteiger partial charge in [0.1, 0.15) is 11.8 Å². The highest BCUT2D eigenvalue weighted by Gasteiger charge is 2.34.